The van der Waals surface area contributed by atoms with E-state index in [1.165, 1.54) is 16.8 Å². The lowest BCUT2D eigenvalue weighted by molar-refractivity contribution is 0.107. The second-order valence-corrected chi connectivity index (χ2v) is 9.65. The summed E-state index contributed by atoms with van der Waals surface area (Å²) in [6.45, 7) is 2.68. The van der Waals surface area contributed by atoms with E-state index in [0.717, 1.165) is 25.1 Å². The smallest absolute Gasteiger partial charge is 0.319 e. The molecule has 12 heteroatoms. The van der Waals surface area contributed by atoms with Crippen molar-refractivity contribution in [2.24, 2.45) is 0 Å². The maximum atomic E-state index is 14.5. The Kier molecular flexibility index (Phi) is 7.49. The van der Waals surface area contributed by atoms with Crippen LogP contribution >= 0.6 is 0 Å². The highest BCUT2D eigenvalue weighted by atomic mass is 19.1. The summed E-state index contributed by atoms with van der Waals surface area (Å²) in [6, 6.07) is 4.45. The second-order valence-electron chi connectivity index (χ2n) is 9.65. The molecule has 0 radical (unpaired) electrons. The molecule has 2 aliphatic heterocycles. The molecule has 0 spiro atoms. The maximum absolute atomic E-state index is 14.5. The topological polar surface area (TPSA) is 118 Å². The predicted molar refractivity (Wildman–Crippen MR) is 133 cm³/mol. The number of fused-ring (bicyclic) bond motifs is 1. The van der Waals surface area contributed by atoms with E-state index in [1.54, 1.807) is 12.3 Å². The van der Waals surface area contributed by atoms with Crippen molar-refractivity contribution in [2.75, 3.05) is 42.9 Å². The van der Waals surface area contributed by atoms with Gasteiger partial charge in [-0.3, -0.25) is 4.90 Å². The van der Waals surface area contributed by atoms with Gasteiger partial charge in [0.1, 0.15) is 23.1 Å². The number of aromatic nitrogens is 3. The zero-order valence-corrected chi connectivity index (χ0v) is 20.4. The van der Waals surface area contributed by atoms with Gasteiger partial charge in [-0.25, -0.2) is 23.1 Å². The number of benzene rings is 1. The number of anilines is 2. The standard InChI is InChI=1S/C25H31F2N7O3/c26-16-3-4-20(27)19(12-16)22-2-1-9-33(22)23-7-11-34-24(31-23)21(13-29-34)30-25(37)28-8-5-17(35)14-32-10-6-18(36)15-32/h3-4,7,11-13,17-18,22,35-36H,1-2,5-6,8-10,14-15H2,(H2,28,30,37)/t17-,18+,22+/m0/s1. The van der Waals surface area contributed by atoms with Gasteiger partial charge in [-0.05, 0) is 49.9 Å². The van der Waals surface area contributed by atoms with Gasteiger partial charge in [-0.2, -0.15) is 5.10 Å². The summed E-state index contributed by atoms with van der Waals surface area (Å²) in [5, 5.41) is 29.5. The van der Waals surface area contributed by atoms with Crippen molar-refractivity contribution in [3.05, 3.63) is 53.9 Å². The number of nitrogens with one attached hydrogen (secondary N) is 2. The zero-order valence-electron chi connectivity index (χ0n) is 20.4. The lowest BCUT2D eigenvalue weighted by Gasteiger charge is -2.26. The van der Waals surface area contributed by atoms with Crippen molar-refractivity contribution in [2.45, 2.75) is 43.9 Å². The molecule has 37 heavy (non-hydrogen) atoms. The summed E-state index contributed by atoms with van der Waals surface area (Å²) in [6.07, 6.45) is 4.83. The summed E-state index contributed by atoms with van der Waals surface area (Å²) >= 11 is 0. The number of urea groups is 1. The molecule has 5 rings (SSSR count). The molecule has 2 fully saturated rings. The van der Waals surface area contributed by atoms with Crippen molar-refractivity contribution in [3.8, 4) is 0 Å². The molecule has 3 aromatic rings. The average molecular weight is 516 g/mol. The van der Waals surface area contributed by atoms with E-state index in [4.69, 9.17) is 0 Å². The number of hydrogen-bond donors (Lipinski definition) is 4. The fourth-order valence-electron chi connectivity index (χ4n) is 5.13. The van der Waals surface area contributed by atoms with Gasteiger partial charge >= 0.3 is 6.03 Å². The minimum absolute atomic E-state index is 0.274. The van der Waals surface area contributed by atoms with Crippen LogP contribution in [0.25, 0.3) is 5.65 Å². The molecule has 198 valence electrons. The van der Waals surface area contributed by atoms with Crippen molar-refractivity contribution >= 4 is 23.2 Å². The Morgan fingerprint density at radius 2 is 2.08 bits per heavy atom. The number of aliphatic hydroxyl groups is 2. The van der Waals surface area contributed by atoms with Gasteiger partial charge in [-0.1, -0.05) is 0 Å². The minimum Gasteiger partial charge on any atom is -0.392 e. The number of aliphatic hydroxyl groups excluding tert-OH is 2. The van der Waals surface area contributed by atoms with E-state index < -0.39 is 23.8 Å². The first kappa shape index (κ1) is 25.3. The molecule has 2 aromatic heterocycles. The molecule has 4 heterocycles. The van der Waals surface area contributed by atoms with Gasteiger partial charge < -0.3 is 25.7 Å². The number of likely N-dealkylation sites (tertiary alicyclic amines) is 1. The van der Waals surface area contributed by atoms with Gasteiger partial charge in [0.2, 0.25) is 0 Å². The fourth-order valence-corrected chi connectivity index (χ4v) is 5.13. The Morgan fingerprint density at radius 3 is 2.89 bits per heavy atom. The highest BCUT2D eigenvalue weighted by molar-refractivity contribution is 5.93. The first-order chi connectivity index (χ1) is 17.9. The normalized spacial score (nSPS) is 21.0. The first-order valence-electron chi connectivity index (χ1n) is 12.6. The summed E-state index contributed by atoms with van der Waals surface area (Å²) in [7, 11) is 0. The Balaban J connectivity index is 1.21. The van der Waals surface area contributed by atoms with Crippen molar-refractivity contribution in [3.63, 3.8) is 0 Å². The van der Waals surface area contributed by atoms with E-state index in [-0.39, 0.29) is 18.7 Å². The van der Waals surface area contributed by atoms with E-state index in [2.05, 4.69) is 20.7 Å². The molecular formula is C25H31F2N7O3. The molecule has 1 aromatic carbocycles. The molecule has 2 amide bonds. The van der Waals surface area contributed by atoms with E-state index in [0.29, 0.717) is 61.6 Å². The van der Waals surface area contributed by atoms with E-state index in [9.17, 15) is 23.8 Å². The quantitative estimate of drug-likeness (QED) is 0.364. The lowest BCUT2D eigenvalue weighted by atomic mass is 10.0. The van der Waals surface area contributed by atoms with E-state index in [1.807, 2.05) is 9.80 Å². The number of β-amino-alcohol motifs (C(OH)–C–C–N with tert-alkyl or cyclic N) is 2. The fraction of sp³-hybridized carbons (Fsp3) is 0.480. The monoisotopic (exact) mass is 515 g/mol. The number of carbonyl (C=O) groups excluding carboxylic acids is 1. The molecular weight excluding hydrogens is 484 g/mol. The molecule has 0 saturated carbocycles. The third-order valence-corrected chi connectivity index (χ3v) is 6.95. The van der Waals surface area contributed by atoms with Gasteiger partial charge in [-0.15, -0.1) is 0 Å². The molecule has 10 nitrogen and oxygen atoms in total. The molecule has 4 N–H and O–H groups in total. The Labute approximate surface area is 212 Å². The SMILES string of the molecule is O=C(NCC[C@H](O)CN1CC[C@@H](O)C1)Nc1cnn2ccc(N3CCC[C@@H]3c3cc(F)ccc3F)nc12. The van der Waals surface area contributed by atoms with Crippen molar-refractivity contribution in [1.29, 1.82) is 0 Å². The average Bonchev–Trinajstić information content (AvgIpc) is 3.61. The third kappa shape index (κ3) is 5.81. The largest absolute Gasteiger partial charge is 0.392 e. The molecule has 2 saturated heterocycles. The summed E-state index contributed by atoms with van der Waals surface area (Å²) < 4.78 is 29.8. The first-order valence-corrected chi connectivity index (χ1v) is 12.6. The zero-order chi connectivity index (χ0) is 25.9. The van der Waals surface area contributed by atoms with Gasteiger partial charge in [0, 0.05) is 44.5 Å². The Bertz CT molecular complexity index is 1260. The summed E-state index contributed by atoms with van der Waals surface area (Å²) in [5.74, 6) is -0.356. The van der Waals surface area contributed by atoms with Crippen LogP contribution in [0.15, 0.2) is 36.7 Å². The maximum Gasteiger partial charge on any atom is 0.319 e. The van der Waals surface area contributed by atoms with Crippen LogP contribution in [0.2, 0.25) is 0 Å². The van der Waals surface area contributed by atoms with Crippen LogP contribution in [-0.2, 0) is 0 Å². The number of hydrogen-bond acceptors (Lipinski definition) is 7. The van der Waals surface area contributed by atoms with Crippen molar-refractivity contribution in [1.82, 2.24) is 24.8 Å². The van der Waals surface area contributed by atoms with Crippen molar-refractivity contribution < 1.29 is 23.8 Å². The molecule has 0 bridgehead atoms. The summed E-state index contributed by atoms with van der Waals surface area (Å²) in [5.41, 5.74) is 1.12. The van der Waals surface area contributed by atoms with Crippen LogP contribution in [0, 0.1) is 11.6 Å². The Morgan fingerprint density at radius 1 is 1.22 bits per heavy atom. The summed E-state index contributed by atoms with van der Waals surface area (Å²) in [4.78, 5) is 21.1. The highest BCUT2D eigenvalue weighted by Gasteiger charge is 2.30. The van der Waals surface area contributed by atoms with Gasteiger partial charge in [0.15, 0.2) is 5.65 Å². The van der Waals surface area contributed by atoms with Crippen LogP contribution in [-0.4, -0.2) is 80.7 Å². The number of carbonyl (C=O) groups is 1. The molecule has 0 unspecified atom stereocenters. The van der Waals surface area contributed by atoms with E-state index >= 15 is 0 Å². The molecule has 0 aliphatic carbocycles. The molecule has 2 aliphatic rings. The second kappa shape index (κ2) is 11.0. The predicted octanol–water partition coefficient (Wildman–Crippen LogP) is 2.29. The Hall–Kier alpha value is -3.35. The van der Waals surface area contributed by atoms with Crippen LogP contribution < -0.4 is 15.5 Å². The lowest BCUT2D eigenvalue weighted by Crippen LogP contribution is -2.35. The minimum atomic E-state index is -0.608. The third-order valence-electron chi connectivity index (χ3n) is 6.95. The highest BCUT2D eigenvalue weighted by Crippen LogP contribution is 2.37. The molecule has 3 atom stereocenters. The number of amides is 2. The van der Waals surface area contributed by atoms with Gasteiger partial charge in [0.25, 0.3) is 0 Å². The van der Waals surface area contributed by atoms with Crippen LogP contribution in [0.4, 0.5) is 25.1 Å². The number of nitrogens with zero attached hydrogens (tertiary/aromatic N) is 5. The van der Waals surface area contributed by atoms with Crippen LogP contribution in [0.1, 0.15) is 37.3 Å². The van der Waals surface area contributed by atoms with Crippen LogP contribution in [0.5, 0.6) is 0 Å². The number of halogens is 2. The number of rotatable bonds is 8. The van der Waals surface area contributed by atoms with Gasteiger partial charge in [0.05, 0.1) is 24.4 Å². The van der Waals surface area contributed by atoms with Crippen LogP contribution in [0.3, 0.4) is 0 Å².